The highest BCUT2D eigenvalue weighted by atomic mass is 79.9. The molecule has 1 amide bonds. The van der Waals surface area contributed by atoms with E-state index in [9.17, 15) is 4.79 Å². The van der Waals surface area contributed by atoms with Crippen LogP contribution in [0.15, 0.2) is 47.1 Å². The number of hydrogen-bond acceptors (Lipinski definition) is 2. The minimum atomic E-state index is -0.0830. The van der Waals surface area contributed by atoms with Crippen LogP contribution in [0.4, 0.5) is 5.69 Å². The quantitative estimate of drug-likeness (QED) is 0.548. The Hall–Kier alpha value is -1.98. The number of aromatic amines is 1. The number of para-hydroxylation sites is 1. The van der Waals surface area contributed by atoms with Gasteiger partial charge in [-0.3, -0.25) is 4.79 Å². The number of ether oxygens (including phenoxy) is 1. The number of anilines is 1. The monoisotopic (exact) mass is 420 g/mol. The van der Waals surface area contributed by atoms with E-state index in [0.717, 1.165) is 16.5 Å². The number of amides is 1. The normalized spacial score (nSPS) is 10.8. The Bertz CT molecular complexity index is 908. The highest BCUT2D eigenvalue weighted by molar-refractivity contribution is 9.10. The molecular weight excluding hydrogens is 404 g/mol. The number of hydrogen-bond donors (Lipinski definition) is 2. The van der Waals surface area contributed by atoms with Gasteiger partial charge < -0.3 is 15.0 Å². The molecule has 2 aromatic carbocycles. The Morgan fingerprint density at radius 3 is 2.92 bits per heavy atom. The Morgan fingerprint density at radius 1 is 1.32 bits per heavy atom. The summed E-state index contributed by atoms with van der Waals surface area (Å²) in [5.74, 6) is 0.507. The van der Waals surface area contributed by atoms with Crippen molar-refractivity contribution < 1.29 is 9.53 Å². The van der Waals surface area contributed by atoms with Crippen molar-refractivity contribution in [1.82, 2.24) is 4.98 Å². The second-order valence-electron chi connectivity index (χ2n) is 5.60. The molecule has 1 heterocycles. The minimum absolute atomic E-state index is 0.0830. The van der Waals surface area contributed by atoms with Crippen molar-refractivity contribution in [3.05, 3.63) is 57.7 Å². The van der Waals surface area contributed by atoms with E-state index >= 15 is 0 Å². The lowest BCUT2D eigenvalue weighted by atomic mass is 10.1. The Balaban J connectivity index is 1.71. The van der Waals surface area contributed by atoms with Crippen LogP contribution in [0.5, 0.6) is 5.75 Å². The molecule has 0 aliphatic carbocycles. The summed E-state index contributed by atoms with van der Waals surface area (Å²) in [5, 5.41) is 4.58. The summed E-state index contributed by atoms with van der Waals surface area (Å²) in [5.41, 5.74) is 2.78. The largest absolute Gasteiger partial charge is 0.491 e. The topological polar surface area (TPSA) is 54.1 Å². The molecule has 3 aromatic rings. The SMILES string of the molecule is CCOc1c(Br)cc(Cl)cc1NC(=O)CCc1c[nH]c2ccccc12. The highest BCUT2D eigenvalue weighted by Gasteiger charge is 2.13. The summed E-state index contributed by atoms with van der Waals surface area (Å²) in [6.45, 7) is 2.39. The molecule has 0 atom stereocenters. The Labute approximate surface area is 159 Å². The van der Waals surface area contributed by atoms with Gasteiger partial charge in [0.05, 0.1) is 16.8 Å². The summed E-state index contributed by atoms with van der Waals surface area (Å²) in [4.78, 5) is 15.6. The van der Waals surface area contributed by atoms with Gasteiger partial charge in [-0.25, -0.2) is 0 Å². The highest BCUT2D eigenvalue weighted by Crippen LogP contribution is 2.36. The zero-order chi connectivity index (χ0) is 17.8. The molecule has 130 valence electrons. The number of halogens is 2. The van der Waals surface area contributed by atoms with Gasteiger partial charge in [0.25, 0.3) is 0 Å². The maximum absolute atomic E-state index is 12.4. The molecule has 0 spiro atoms. The smallest absolute Gasteiger partial charge is 0.224 e. The van der Waals surface area contributed by atoms with Crippen molar-refractivity contribution in [2.75, 3.05) is 11.9 Å². The molecule has 0 saturated heterocycles. The predicted molar refractivity (Wildman–Crippen MR) is 106 cm³/mol. The fourth-order valence-corrected chi connectivity index (χ4v) is 3.67. The second-order valence-corrected chi connectivity index (χ2v) is 6.90. The molecule has 0 aliphatic rings. The number of nitrogens with one attached hydrogen (secondary N) is 2. The molecule has 25 heavy (non-hydrogen) atoms. The first-order valence-corrected chi connectivity index (χ1v) is 9.22. The second kappa shape index (κ2) is 7.93. The lowest BCUT2D eigenvalue weighted by Crippen LogP contribution is -2.13. The Morgan fingerprint density at radius 2 is 2.12 bits per heavy atom. The van der Waals surface area contributed by atoms with Crippen LogP contribution in [0.25, 0.3) is 10.9 Å². The molecule has 0 aliphatic heterocycles. The molecule has 4 nitrogen and oxygen atoms in total. The molecule has 0 radical (unpaired) electrons. The number of aryl methyl sites for hydroxylation is 1. The molecular formula is C19H18BrClN2O2. The number of rotatable bonds is 6. The van der Waals surface area contributed by atoms with Crippen LogP contribution in [0, 0.1) is 0 Å². The first-order valence-electron chi connectivity index (χ1n) is 8.05. The molecule has 3 rings (SSSR count). The van der Waals surface area contributed by atoms with Crippen LogP contribution < -0.4 is 10.1 Å². The third-order valence-electron chi connectivity index (χ3n) is 3.87. The van der Waals surface area contributed by atoms with Gasteiger partial charge in [0.1, 0.15) is 0 Å². The molecule has 2 N–H and O–H groups in total. The lowest BCUT2D eigenvalue weighted by Gasteiger charge is -2.14. The molecule has 6 heteroatoms. The van der Waals surface area contributed by atoms with Crippen LogP contribution in [0.3, 0.4) is 0 Å². The molecule has 0 unspecified atom stereocenters. The maximum Gasteiger partial charge on any atom is 0.224 e. The standard InChI is InChI=1S/C19H18BrClN2O2/c1-2-25-19-15(20)9-13(21)10-17(19)23-18(24)8-7-12-11-22-16-6-4-3-5-14(12)16/h3-6,9-11,22H,2,7-8H2,1H3,(H,23,24). The number of aromatic nitrogens is 1. The van der Waals surface area contributed by atoms with E-state index < -0.39 is 0 Å². The van der Waals surface area contributed by atoms with Gasteiger partial charge in [0.15, 0.2) is 5.75 Å². The van der Waals surface area contributed by atoms with Crippen LogP contribution in [0.2, 0.25) is 5.02 Å². The van der Waals surface area contributed by atoms with Gasteiger partial charge in [0.2, 0.25) is 5.91 Å². The van der Waals surface area contributed by atoms with Gasteiger partial charge in [-0.05, 0) is 53.0 Å². The number of fused-ring (bicyclic) bond motifs is 1. The van der Waals surface area contributed by atoms with Crippen LogP contribution in [0.1, 0.15) is 18.9 Å². The molecule has 0 saturated carbocycles. The van der Waals surface area contributed by atoms with Gasteiger partial charge in [-0.2, -0.15) is 0 Å². The van der Waals surface area contributed by atoms with Crippen LogP contribution >= 0.6 is 27.5 Å². The van der Waals surface area contributed by atoms with Gasteiger partial charge in [-0.15, -0.1) is 0 Å². The van der Waals surface area contributed by atoms with Gasteiger partial charge in [-0.1, -0.05) is 29.8 Å². The third kappa shape index (κ3) is 4.17. The van der Waals surface area contributed by atoms with Crippen molar-refractivity contribution in [3.8, 4) is 5.75 Å². The van der Waals surface area contributed by atoms with E-state index in [1.807, 2.05) is 31.3 Å². The zero-order valence-corrected chi connectivity index (χ0v) is 16.1. The fraction of sp³-hybridized carbons (Fsp3) is 0.211. The average molecular weight is 422 g/mol. The number of carbonyl (C=O) groups excluding carboxylic acids is 1. The van der Waals surface area contributed by atoms with E-state index in [4.69, 9.17) is 16.3 Å². The van der Waals surface area contributed by atoms with Gasteiger partial charge in [0, 0.05) is 28.5 Å². The van der Waals surface area contributed by atoms with Crippen molar-refractivity contribution in [1.29, 1.82) is 0 Å². The van der Waals surface area contributed by atoms with Crippen molar-refractivity contribution in [3.63, 3.8) is 0 Å². The molecule has 0 bridgehead atoms. The fourth-order valence-electron chi connectivity index (χ4n) is 2.74. The van der Waals surface area contributed by atoms with Crippen molar-refractivity contribution in [2.24, 2.45) is 0 Å². The summed E-state index contributed by atoms with van der Waals surface area (Å²) in [6.07, 6.45) is 2.98. The zero-order valence-electron chi connectivity index (χ0n) is 13.7. The summed E-state index contributed by atoms with van der Waals surface area (Å²) in [7, 11) is 0. The van der Waals surface area contributed by atoms with Gasteiger partial charge >= 0.3 is 0 Å². The summed E-state index contributed by atoms with van der Waals surface area (Å²) >= 11 is 9.51. The van der Waals surface area contributed by atoms with E-state index in [2.05, 4.69) is 32.3 Å². The first-order chi connectivity index (χ1) is 12.1. The molecule has 1 aromatic heterocycles. The number of carbonyl (C=O) groups is 1. The third-order valence-corrected chi connectivity index (χ3v) is 4.67. The van der Waals surface area contributed by atoms with E-state index in [1.165, 1.54) is 0 Å². The first kappa shape index (κ1) is 17.8. The van der Waals surface area contributed by atoms with Crippen LogP contribution in [-0.4, -0.2) is 17.5 Å². The maximum atomic E-state index is 12.4. The average Bonchev–Trinajstić information content (AvgIpc) is 2.99. The Kier molecular flexibility index (Phi) is 5.66. The predicted octanol–water partition coefficient (Wildman–Crippen LogP) is 5.55. The summed E-state index contributed by atoms with van der Waals surface area (Å²) < 4.78 is 6.32. The number of benzene rings is 2. The van der Waals surface area contributed by atoms with E-state index in [1.54, 1.807) is 12.1 Å². The van der Waals surface area contributed by atoms with Crippen molar-refractivity contribution in [2.45, 2.75) is 19.8 Å². The van der Waals surface area contributed by atoms with Crippen LogP contribution in [-0.2, 0) is 11.2 Å². The lowest BCUT2D eigenvalue weighted by molar-refractivity contribution is -0.116. The minimum Gasteiger partial charge on any atom is -0.491 e. The summed E-state index contributed by atoms with van der Waals surface area (Å²) in [6, 6.07) is 11.5. The van der Waals surface area contributed by atoms with E-state index in [0.29, 0.717) is 40.4 Å². The number of H-pyrrole nitrogens is 1. The van der Waals surface area contributed by atoms with E-state index in [-0.39, 0.29) is 5.91 Å². The molecule has 0 fully saturated rings. The van der Waals surface area contributed by atoms with Crippen molar-refractivity contribution >= 4 is 50.0 Å².